The number of hydrazine groups is 1. The molecule has 4 N–H and O–H groups in total. The van der Waals surface area contributed by atoms with Gasteiger partial charge in [0.15, 0.2) is 10.2 Å². The first-order chi connectivity index (χ1) is 11.1. The zero-order chi connectivity index (χ0) is 16.2. The van der Waals surface area contributed by atoms with Gasteiger partial charge in [0, 0.05) is 17.8 Å². The Balaban J connectivity index is 1.40. The van der Waals surface area contributed by atoms with Gasteiger partial charge in [-0.1, -0.05) is 12.5 Å². The molecule has 23 heavy (non-hydrogen) atoms. The molecule has 3 atom stereocenters. The molecule has 0 unspecified atom stereocenters. The molecule has 0 spiro atoms. The van der Waals surface area contributed by atoms with Crippen LogP contribution in [0.2, 0.25) is 0 Å². The maximum absolute atomic E-state index is 5.34. The standard InChI is InChI=1S/C16H22N4OS2/c1-21-13-4-2-3-12(9-13)17-15(22)19-20-16(23)18-14-8-10-5-6-11(14)7-10/h2-4,9-11,14H,5-8H2,1H3,(H2,17,19,22)(H2,18,20,23)/t10-,11-,14+/m0/s1. The van der Waals surface area contributed by atoms with Crippen LogP contribution in [0.25, 0.3) is 0 Å². The molecule has 0 saturated heterocycles. The minimum atomic E-state index is 0.454. The van der Waals surface area contributed by atoms with Gasteiger partial charge >= 0.3 is 0 Å². The lowest BCUT2D eigenvalue weighted by Crippen LogP contribution is -2.51. The first-order valence-corrected chi connectivity index (χ1v) is 8.73. The lowest BCUT2D eigenvalue weighted by atomic mass is 9.96. The maximum Gasteiger partial charge on any atom is 0.189 e. The summed E-state index contributed by atoms with van der Waals surface area (Å²) in [5.41, 5.74) is 6.72. The molecule has 0 amide bonds. The summed E-state index contributed by atoms with van der Waals surface area (Å²) in [6, 6.07) is 8.09. The molecule has 2 fully saturated rings. The molecule has 0 radical (unpaired) electrons. The fraction of sp³-hybridized carbons (Fsp3) is 0.500. The number of ether oxygens (including phenoxy) is 1. The van der Waals surface area contributed by atoms with Crippen LogP contribution in [0.4, 0.5) is 5.69 Å². The van der Waals surface area contributed by atoms with Crippen molar-refractivity contribution in [1.82, 2.24) is 16.2 Å². The summed E-state index contributed by atoms with van der Waals surface area (Å²) < 4.78 is 5.18. The number of nitrogens with one attached hydrogen (secondary N) is 4. The normalized spacial score (nSPS) is 24.8. The van der Waals surface area contributed by atoms with E-state index in [0.29, 0.717) is 16.3 Å². The van der Waals surface area contributed by atoms with E-state index in [1.165, 1.54) is 25.7 Å². The minimum absolute atomic E-state index is 0.454. The molecule has 3 rings (SSSR count). The molecular weight excluding hydrogens is 328 g/mol. The van der Waals surface area contributed by atoms with Gasteiger partial charge in [-0.15, -0.1) is 0 Å². The van der Waals surface area contributed by atoms with Crippen molar-refractivity contribution in [2.24, 2.45) is 11.8 Å². The highest BCUT2D eigenvalue weighted by molar-refractivity contribution is 7.80. The molecule has 7 heteroatoms. The zero-order valence-corrected chi connectivity index (χ0v) is 14.7. The third-order valence-corrected chi connectivity index (χ3v) is 5.10. The second-order valence-electron chi connectivity index (χ2n) is 6.19. The van der Waals surface area contributed by atoms with Gasteiger partial charge in [-0.3, -0.25) is 10.9 Å². The van der Waals surface area contributed by atoms with Crippen molar-refractivity contribution in [1.29, 1.82) is 0 Å². The van der Waals surface area contributed by atoms with Crippen LogP contribution in [0, 0.1) is 11.8 Å². The van der Waals surface area contributed by atoms with Crippen molar-refractivity contribution < 1.29 is 4.74 Å². The maximum atomic E-state index is 5.34. The number of thiocarbonyl (C=S) groups is 2. The van der Waals surface area contributed by atoms with E-state index in [1.54, 1.807) is 7.11 Å². The summed E-state index contributed by atoms with van der Waals surface area (Å²) in [5.74, 6) is 2.45. The molecular formula is C16H22N4OS2. The van der Waals surface area contributed by atoms with Crippen LogP contribution in [-0.2, 0) is 0 Å². The molecule has 0 heterocycles. The van der Waals surface area contributed by atoms with Crippen molar-refractivity contribution in [2.45, 2.75) is 31.7 Å². The molecule has 0 aromatic heterocycles. The van der Waals surface area contributed by atoms with Gasteiger partial charge in [0.2, 0.25) is 0 Å². The Morgan fingerprint density at radius 1 is 1.13 bits per heavy atom. The van der Waals surface area contributed by atoms with E-state index in [0.717, 1.165) is 23.3 Å². The van der Waals surface area contributed by atoms with Crippen molar-refractivity contribution >= 4 is 40.3 Å². The topological polar surface area (TPSA) is 57.4 Å². The minimum Gasteiger partial charge on any atom is -0.497 e. The van der Waals surface area contributed by atoms with Crippen molar-refractivity contribution in [2.75, 3.05) is 12.4 Å². The third kappa shape index (κ3) is 4.23. The number of hydrogen-bond donors (Lipinski definition) is 4. The van der Waals surface area contributed by atoms with E-state index in [-0.39, 0.29) is 0 Å². The zero-order valence-electron chi connectivity index (χ0n) is 13.1. The first kappa shape index (κ1) is 16.3. The average molecular weight is 351 g/mol. The van der Waals surface area contributed by atoms with Crippen LogP contribution in [-0.4, -0.2) is 23.4 Å². The van der Waals surface area contributed by atoms with Crippen LogP contribution in [0.1, 0.15) is 25.7 Å². The van der Waals surface area contributed by atoms with Gasteiger partial charge in [0.05, 0.1) is 7.11 Å². The van der Waals surface area contributed by atoms with Crippen molar-refractivity contribution in [3.8, 4) is 5.75 Å². The van der Waals surface area contributed by atoms with Gasteiger partial charge in [0.1, 0.15) is 5.75 Å². The number of hydrogen-bond acceptors (Lipinski definition) is 3. The summed E-state index contributed by atoms with van der Waals surface area (Å²) in [5, 5.41) is 7.53. The third-order valence-electron chi connectivity index (χ3n) is 4.67. The first-order valence-electron chi connectivity index (χ1n) is 7.91. The number of anilines is 1. The van der Waals surface area contributed by atoms with Gasteiger partial charge in [-0.05, 0) is 67.7 Å². The molecule has 5 nitrogen and oxygen atoms in total. The summed E-state index contributed by atoms with van der Waals surface area (Å²) in [7, 11) is 1.64. The molecule has 124 valence electrons. The molecule has 2 aliphatic carbocycles. The summed E-state index contributed by atoms with van der Waals surface area (Å²) in [6.07, 6.45) is 5.30. The van der Waals surface area contributed by atoms with E-state index < -0.39 is 0 Å². The predicted molar refractivity (Wildman–Crippen MR) is 100 cm³/mol. The Hall–Kier alpha value is -1.60. The second kappa shape index (κ2) is 7.31. The van der Waals surface area contributed by atoms with Gasteiger partial charge in [0.25, 0.3) is 0 Å². The number of benzene rings is 1. The molecule has 2 aliphatic rings. The fourth-order valence-electron chi connectivity index (χ4n) is 3.60. The largest absolute Gasteiger partial charge is 0.497 e. The quantitative estimate of drug-likeness (QED) is 0.494. The van der Waals surface area contributed by atoms with Crippen LogP contribution in [0.5, 0.6) is 5.75 Å². The van der Waals surface area contributed by atoms with Gasteiger partial charge in [-0.2, -0.15) is 0 Å². The summed E-state index contributed by atoms with van der Waals surface area (Å²) in [4.78, 5) is 0. The molecule has 1 aromatic carbocycles. The van der Waals surface area contributed by atoms with E-state index in [4.69, 9.17) is 29.2 Å². The molecule has 1 aromatic rings. The Labute approximate surface area is 147 Å². The van der Waals surface area contributed by atoms with Crippen LogP contribution >= 0.6 is 24.4 Å². The lowest BCUT2D eigenvalue weighted by Gasteiger charge is -2.24. The SMILES string of the molecule is COc1cccc(NC(=S)NNC(=S)N[C@@H]2C[C@H]3CC[C@H]2C3)c1. The highest BCUT2D eigenvalue weighted by Crippen LogP contribution is 2.44. The summed E-state index contributed by atoms with van der Waals surface area (Å²) >= 11 is 10.6. The molecule has 2 bridgehead atoms. The molecule has 2 saturated carbocycles. The van der Waals surface area contributed by atoms with E-state index >= 15 is 0 Å². The van der Waals surface area contributed by atoms with Crippen molar-refractivity contribution in [3.05, 3.63) is 24.3 Å². The van der Waals surface area contributed by atoms with Gasteiger partial charge in [-0.25, -0.2) is 0 Å². The Morgan fingerprint density at radius 2 is 1.96 bits per heavy atom. The van der Waals surface area contributed by atoms with Crippen molar-refractivity contribution in [3.63, 3.8) is 0 Å². The fourth-order valence-corrected chi connectivity index (χ4v) is 3.97. The monoisotopic (exact) mass is 350 g/mol. The second-order valence-corrected chi connectivity index (χ2v) is 7.01. The van der Waals surface area contributed by atoms with Crippen LogP contribution < -0.4 is 26.2 Å². The highest BCUT2D eigenvalue weighted by atomic mass is 32.1. The van der Waals surface area contributed by atoms with Gasteiger partial charge < -0.3 is 15.4 Å². The lowest BCUT2D eigenvalue weighted by molar-refractivity contribution is 0.389. The Morgan fingerprint density at radius 3 is 2.65 bits per heavy atom. The van der Waals surface area contributed by atoms with Crippen LogP contribution in [0.15, 0.2) is 24.3 Å². The number of rotatable bonds is 3. The Kier molecular flexibility index (Phi) is 5.17. The predicted octanol–water partition coefficient (Wildman–Crippen LogP) is 2.55. The molecule has 0 aliphatic heterocycles. The highest BCUT2D eigenvalue weighted by Gasteiger charge is 2.39. The van der Waals surface area contributed by atoms with E-state index in [1.807, 2.05) is 24.3 Å². The average Bonchev–Trinajstić information content (AvgIpc) is 3.16. The van der Waals surface area contributed by atoms with E-state index in [2.05, 4.69) is 21.5 Å². The van der Waals surface area contributed by atoms with E-state index in [9.17, 15) is 0 Å². The Bertz CT molecular complexity index is 595. The number of methoxy groups -OCH3 is 1. The summed E-state index contributed by atoms with van der Waals surface area (Å²) in [6.45, 7) is 0. The van der Waals surface area contributed by atoms with Crippen LogP contribution in [0.3, 0.4) is 0 Å². The smallest absolute Gasteiger partial charge is 0.189 e. The number of fused-ring (bicyclic) bond motifs is 2.